The lowest BCUT2D eigenvalue weighted by Crippen LogP contribution is -2.03. The highest BCUT2D eigenvalue weighted by Gasteiger charge is 2.00. The molecule has 25 heavy (non-hydrogen) atoms. The number of hydrogen-bond donors (Lipinski definition) is 2. The van der Waals surface area contributed by atoms with E-state index >= 15 is 0 Å². The highest BCUT2D eigenvalue weighted by atomic mass is 16.4. The molecule has 0 amide bonds. The number of allylic oxidation sites excluding steroid dienone is 2. The van der Waals surface area contributed by atoms with Crippen molar-refractivity contribution in [3.63, 3.8) is 0 Å². The lowest BCUT2D eigenvalue weighted by molar-refractivity contribution is -0.136. The normalized spacial score (nSPS) is 11.1. The van der Waals surface area contributed by atoms with Gasteiger partial charge in [0.25, 0.3) is 0 Å². The summed E-state index contributed by atoms with van der Waals surface area (Å²) >= 11 is 0. The van der Waals surface area contributed by atoms with E-state index in [4.69, 9.17) is 5.11 Å². The van der Waals surface area contributed by atoms with Crippen LogP contribution in [0.2, 0.25) is 0 Å². The van der Waals surface area contributed by atoms with E-state index in [-0.39, 0.29) is 6.42 Å². The summed E-state index contributed by atoms with van der Waals surface area (Å²) in [5.41, 5.74) is 1.85. The minimum absolute atomic E-state index is 0.0802. The van der Waals surface area contributed by atoms with E-state index in [0.717, 1.165) is 30.6 Å². The third kappa shape index (κ3) is 12.3. The lowest BCUT2D eigenvalue weighted by Gasteiger charge is -2.06. The SMILES string of the molecule is CCCCCCCCC/C=C/CCCNc1cccc(CC(=O)O)c1. The summed E-state index contributed by atoms with van der Waals surface area (Å²) in [6.07, 6.45) is 17.7. The predicted octanol–water partition coefficient (Wildman–Crippen LogP) is 6.20. The van der Waals surface area contributed by atoms with Crippen molar-refractivity contribution in [3.8, 4) is 0 Å². The molecule has 0 atom stereocenters. The number of carboxylic acids is 1. The highest BCUT2D eigenvalue weighted by molar-refractivity contribution is 5.70. The zero-order chi connectivity index (χ0) is 18.2. The van der Waals surface area contributed by atoms with Gasteiger partial charge in [-0.15, -0.1) is 0 Å². The molecular weight excluding hydrogens is 310 g/mol. The summed E-state index contributed by atoms with van der Waals surface area (Å²) in [5.74, 6) is -0.789. The third-order valence-corrected chi connectivity index (χ3v) is 4.30. The first-order chi connectivity index (χ1) is 12.2. The summed E-state index contributed by atoms with van der Waals surface area (Å²) in [6, 6.07) is 7.67. The van der Waals surface area contributed by atoms with Gasteiger partial charge in [-0.25, -0.2) is 0 Å². The monoisotopic (exact) mass is 345 g/mol. The Bertz CT molecular complexity index is 497. The Hall–Kier alpha value is -1.77. The van der Waals surface area contributed by atoms with Gasteiger partial charge in [-0.05, 0) is 43.4 Å². The number of unbranched alkanes of at least 4 members (excludes halogenated alkanes) is 8. The maximum atomic E-state index is 10.7. The highest BCUT2D eigenvalue weighted by Crippen LogP contribution is 2.12. The van der Waals surface area contributed by atoms with Crippen LogP contribution in [0.1, 0.15) is 76.7 Å². The first-order valence-corrected chi connectivity index (χ1v) is 9.92. The van der Waals surface area contributed by atoms with Gasteiger partial charge in [0.2, 0.25) is 0 Å². The van der Waals surface area contributed by atoms with Gasteiger partial charge in [-0.1, -0.05) is 69.7 Å². The molecule has 0 aromatic heterocycles. The van der Waals surface area contributed by atoms with Crippen molar-refractivity contribution in [2.75, 3.05) is 11.9 Å². The van der Waals surface area contributed by atoms with Gasteiger partial charge in [-0.2, -0.15) is 0 Å². The van der Waals surface area contributed by atoms with E-state index in [0.29, 0.717) is 0 Å². The van der Waals surface area contributed by atoms with Crippen LogP contribution in [0.15, 0.2) is 36.4 Å². The number of hydrogen-bond acceptors (Lipinski definition) is 2. The molecule has 1 aromatic carbocycles. The quantitative estimate of drug-likeness (QED) is 0.294. The number of benzene rings is 1. The van der Waals surface area contributed by atoms with Crippen molar-refractivity contribution < 1.29 is 9.90 Å². The lowest BCUT2D eigenvalue weighted by atomic mass is 10.1. The van der Waals surface area contributed by atoms with Crippen molar-refractivity contribution in [2.45, 2.75) is 77.6 Å². The number of carboxylic acid groups (broad SMARTS) is 1. The van der Waals surface area contributed by atoms with Gasteiger partial charge in [0.05, 0.1) is 6.42 Å². The van der Waals surface area contributed by atoms with E-state index in [1.54, 1.807) is 0 Å². The van der Waals surface area contributed by atoms with Crippen LogP contribution in [-0.2, 0) is 11.2 Å². The summed E-state index contributed by atoms with van der Waals surface area (Å²) in [7, 11) is 0. The molecule has 1 aromatic rings. The molecule has 0 spiro atoms. The Balaban J connectivity index is 2.00. The second-order valence-electron chi connectivity index (χ2n) is 6.72. The van der Waals surface area contributed by atoms with E-state index in [1.165, 1.54) is 51.4 Å². The standard InChI is InChI=1S/C22H35NO2/c1-2-3-4-5-6-7-8-9-10-11-12-13-17-23-21-16-14-15-20(18-21)19-22(24)25/h10-11,14-16,18,23H,2-9,12-13,17,19H2,1H3,(H,24,25)/b11-10+. The second kappa shape index (κ2) is 14.6. The fourth-order valence-corrected chi connectivity index (χ4v) is 2.87. The summed E-state index contributed by atoms with van der Waals surface area (Å²) in [4.78, 5) is 10.7. The Morgan fingerprint density at radius 1 is 1.00 bits per heavy atom. The van der Waals surface area contributed by atoms with Crippen molar-refractivity contribution >= 4 is 11.7 Å². The number of rotatable bonds is 15. The Morgan fingerprint density at radius 3 is 2.40 bits per heavy atom. The second-order valence-corrected chi connectivity index (χ2v) is 6.72. The first kappa shape index (κ1) is 21.3. The zero-order valence-electron chi connectivity index (χ0n) is 15.8. The number of aliphatic carboxylic acids is 1. The molecule has 0 aliphatic rings. The molecule has 0 saturated heterocycles. The zero-order valence-corrected chi connectivity index (χ0v) is 15.8. The molecule has 3 heteroatoms. The van der Waals surface area contributed by atoms with Crippen LogP contribution < -0.4 is 5.32 Å². The molecule has 140 valence electrons. The minimum Gasteiger partial charge on any atom is -0.481 e. The van der Waals surface area contributed by atoms with Crippen LogP contribution in [0, 0.1) is 0 Å². The van der Waals surface area contributed by atoms with Gasteiger partial charge in [-0.3, -0.25) is 4.79 Å². The average Bonchev–Trinajstić information content (AvgIpc) is 2.59. The molecule has 0 aliphatic heterocycles. The molecule has 0 heterocycles. The molecule has 0 radical (unpaired) electrons. The van der Waals surface area contributed by atoms with Gasteiger partial charge >= 0.3 is 5.97 Å². The number of carbonyl (C=O) groups is 1. The van der Waals surface area contributed by atoms with Crippen molar-refractivity contribution in [2.24, 2.45) is 0 Å². The fourth-order valence-electron chi connectivity index (χ4n) is 2.87. The molecule has 3 nitrogen and oxygen atoms in total. The molecule has 2 N–H and O–H groups in total. The van der Waals surface area contributed by atoms with Crippen LogP contribution in [0.5, 0.6) is 0 Å². The molecule has 0 saturated carbocycles. The Morgan fingerprint density at radius 2 is 1.68 bits per heavy atom. The van der Waals surface area contributed by atoms with Gasteiger partial charge in [0.1, 0.15) is 0 Å². The third-order valence-electron chi connectivity index (χ3n) is 4.30. The summed E-state index contributed by atoms with van der Waals surface area (Å²) < 4.78 is 0. The number of nitrogens with one attached hydrogen (secondary N) is 1. The van der Waals surface area contributed by atoms with Gasteiger partial charge < -0.3 is 10.4 Å². The van der Waals surface area contributed by atoms with Crippen molar-refractivity contribution in [3.05, 3.63) is 42.0 Å². The molecule has 0 unspecified atom stereocenters. The Labute approximate surface area is 153 Å². The van der Waals surface area contributed by atoms with E-state index in [2.05, 4.69) is 24.4 Å². The predicted molar refractivity (Wildman–Crippen MR) is 107 cm³/mol. The van der Waals surface area contributed by atoms with Crippen LogP contribution >= 0.6 is 0 Å². The van der Waals surface area contributed by atoms with E-state index in [9.17, 15) is 4.79 Å². The topological polar surface area (TPSA) is 49.3 Å². The van der Waals surface area contributed by atoms with Crippen molar-refractivity contribution in [1.29, 1.82) is 0 Å². The van der Waals surface area contributed by atoms with Crippen LogP contribution in [0.4, 0.5) is 5.69 Å². The van der Waals surface area contributed by atoms with Gasteiger partial charge in [0, 0.05) is 12.2 Å². The molecule has 0 fully saturated rings. The Kier molecular flexibility index (Phi) is 12.4. The van der Waals surface area contributed by atoms with E-state index in [1.807, 2.05) is 24.3 Å². The van der Waals surface area contributed by atoms with E-state index < -0.39 is 5.97 Å². The maximum absolute atomic E-state index is 10.7. The minimum atomic E-state index is -0.789. The summed E-state index contributed by atoms with van der Waals surface area (Å²) in [6.45, 7) is 3.18. The molecular formula is C22H35NO2. The summed E-state index contributed by atoms with van der Waals surface area (Å²) in [5, 5.41) is 12.2. The molecule has 0 aliphatic carbocycles. The molecule has 0 bridgehead atoms. The fraction of sp³-hybridized carbons (Fsp3) is 0.591. The largest absolute Gasteiger partial charge is 0.481 e. The van der Waals surface area contributed by atoms with Crippen LogP contribution in [0.25, 0.3) is 0 Å². The average molecular weight is 346 g/mol. The smallest absolute Gasteiger partial charge is 0.307 e. The maximum Gasteiger partial charge on any atom is 0.307 e. The van der Waals surface area contributed by atoms with Crippen molar-refractivity contribution in [1.82, 2.24) is 0 Å². The van der Waals surface area contributed by atoms with Crippen LogP contribution in [0.3, 0.4) is 0 Å². The molecule has 1 rings (SSSR count). The number of anilines is 1. The first-order valence-electron chi connectivity index (χ1n) is 9.92. The van der Waals surface area contributed by atoms with Crippen LogP contribution in [-0.4, -0.2) is 17.6 Å². The van der Waals surface area contributed by atoms with Gasteiger partial charge in [0.15, 0.2) is 0 Å².